The van der Waals surface area contributed by atoms with Crippen molar-refractivity contribution in [2.24, 2.45) is 5.92 Å². The van der Waals surface area contributed by atoms with E-state index in [2.05, 4.69) is 40.4 Å². The van der Waals surface area contributed by atoms with Gasteiger partial charge in [0.25, 0.3) is 0 Å². The number of anilines is 1. The van der Waals surface area contributed by atoms with Crippen LogP contribution in [-0.2, 0) is 4.79 Å². The van der Waals surface area contributed by atoms with Crippen molar-refractivity contribution >= 4 is 39.1 Å². The molecule has 0 atom stereocenters. The normalized spacial score (nSPS) is 10.6. The summed E-state index contributed by atoms with van der Waals surface area (Å²) in [4.78, 5) is 11.6. The highest BCUT2D eigenvalue weighted by Crippen LogP contribution is 2.28. The zero-order valence-corrected chi connectivity index (χ0v) is 13.9. The van der Waals surface area contributed by atoms with Gasteiger partial charge in [0.05, 0.1) is 12.2 Å². The molecule has 0 radical (unpaired) electrons. The highest BCUT2D eigenvalue weighted by Gasteiger charge is 2.06. The van der Waals surface area contributed by atoms with E-state index >= 15 is 0 Å². The lowest BCUT2D eigenvalue weighted by Gasteiger charge is -2.11. The molecule has 3 nitrogen and oxygen atoms in total. The van der Waals surface area contributed by atoms with Gasteiger partial charge in [0.15, 0.2) is 0 Å². The van der Waals surface area contributed by atoms with E-state index in [-0.39, 0.29) is 12.5 Å². The van der Waals surface area contributed by atoms with Crippen molar-refractivity contribution in [3.8, 4) is 0 Å². The van der Waals surface area contributed by atoms with Crippen LogP contribution in [0, 0.1) is 12.8 Å². The third-order valence-corrected chi connectivity index (χ3v) is 3.79. The van der Waals surface area contributed by atoms with Gasteiger partial charge in [-0.2, -0.15) is 0 Å². The molecule has 0 unspecified atom stereocenters. The number of nitrogens with one attached hydrogen (secondary N) is 2. The number of amides is 1. The molecular weight excluding hydrogens is 328 g/mol. The van der Waals surface area contributed by atoms with Gasteiger partial charge in [-0.25, -0.2) is 0 Å². The van der Waals surface area contributed by atoms with E-state index in [0.29, 0.717) is 17.5 Å². The third-order valence-electron chi connectivity index (χ3n) is 2.73. The van der Waals surface area contributed by atoms with Crippen LogP contribution >= 0.6 is 27.5 Å². The molecule has 0 saturated heterocycles. The molecule has 0 bridgehead atoms. The van der Waals surface area contributed by atoms with Crippen molar-refractivity contribution in [2.45, 2.75) is 27.2 Å². The molecule has 1 rings (SSSR count). The van der Waals surface area contributed by atoms with Crippen LogP contribution in [0.4, 0.5) is 5.69 Å². The minimum absolute atomic E-state index is 0.00996. The van der Waals surface area contributed by atoms with Gasteiger partial charge in [-0.05, 0) is 52.9 Å². The van der Waals surface area contributed by atoms with Crippen LogP contribution in [0.15, 0.2) is 16.6 Å². The Morgan fingerprint density at radius 2 is 2.11 bits per heavy atom. The van der Waals surface area contributed by atoms with Crippen LogP contribution < -0.4 is 10.6 Å². The largest absolute Gasteiger partial charge is 0.375 e. The molecule has 0 fully saturated rings. The number of rotatable bonds is 6. The van der Waals surface area contributed by atoms with E-state index in [9.17, 15) is 4.79 Å². The summed E-state index contributed by atoms with van der Waals surface area (Å²) in [5, 5.41) is 6.64. The predicted molar refractivity (Wildman–Crippen MR) is 84.8 cm³/mol. The van der Waals surface area contributed by atoms with Gasteiger partial charge in [0.1, 0.15) is 0 Å². The predicted octanol–water partition coefficient (Wildman–Crippen LogP) is 3.99. The smallest absolute Gasteiger partial charge is 0.239 e. The second-order valence-corrected chi connectivity index (χ2v) is 6.23. The summed E-state index contributed by atoms with van der Waals surface area (Å²) in [6.45, 7) is 7.17. The van der Waals surface area contributed by atoms with Crippen molar-refractivity contribution in [1.82, 2.24) is 5.32 Å². The Bertz CT molecular complexity index is 449. The van der Waals surface area contributed by atoms with Crippen LogP contribution in [0.3, 0.4) is 0 Å². The van der Waals surface area contributed by atoms with Gasteiger partial charge in [0, 0.05) is 16.0 Å². The lowest BCUT2D eigenvalue weighted by atomic mass is 10.1. The minimum atomic E-state index is -0.00996. The molecule has 5 heteroatoms. The van der Waals surface area contributed by atoms with Crippen LogP contribution in [0.5, 0.6) is 0 Å². The lowest BCUT2D eigenvalue weighted by molar-refractivity contribution is -0.119. The highest BCUT2D eigenvalue weighted by molar-refractivity contribution is 9.10. The molecule has 106 valence electrons. The first-order valence-electron chi connectivity index (χ1n) is 6.36. The second-order valence-electron chi connectivity index (χ2n) is 4.97. The molecule has 0 aromatic heterocycles. The molecule has 2 N–H and O–H groups in total. The summed E-state index contributed by atoms with van der Waals surface area (Å²) in [5.74, 6) is 0.586. The third kappa shape index (κ3) is 5.83. The van der Waals surface area contributed by atoms with E-state index in [1.807, 2.05) is 19.1 Å². The average Bonchev–Trinajstić information content (AvgIpc) is 2.31. The second kappa shape index (κ2) is 7.75. The molecule has 1 amide bonds. The fraction of sp³-hybridized carbons (Fsp3) is 0.500. The quantitative estimate of drug-likeness (QED) is 0.817. The summed E-state index contributed by atoms with van der Waals surface area (Å²) in [7, 11) is 0. The monoisotopic (exact) mass is 346 g/mol. The molecule has 0 aliphatic heterocycles. The SMILES string of the molecule is Cc1cc(Br)c(NCC(=O)NCCC(C)C)cc1Cl. The number of carbonyl (C=O) groups is 1. The maximum absolute atomic E-state index is 11.6. The molecule has 0 spiro atoms. The van der Waals surface area contributed by atoms with Crippen LogP contribution in [0.25, 0.3) is 0 Å². The molecule has 0 heterocycles. The fourth-order valence-electron chi connectivity index (χ4n) is 1.52. The summed E-state index contributed by atoms with van der Waals surface area (Å²) in [6.07, 6.45) is 0.992. The Hall–Kier alpha value is -0.740. The van der Waals surface area contributed by atoms with E-state index in [1.54, 1.807) is 0 Å². The van der Waals surface area contributed by atoms with Gasteiger partial charge < -0.3 is 10.6 Å². The zero-order valence-electron chi connectivity index (χ0n) is 11.5. The average molecular weight is 348 g/mol. The van der Waals surface area contributed by atoms with Gasteiger partial charge in [0.2, 0.25) is 5.91 Å². The number of carbonyl (C=O) groups excluding carboxylic acids is 1. The summed E-state index contributed by atoms with van der Waals surface area (Å²) in [5.41, 5.74) is 1.83. The van der Waals surface area contributed by atoms with E-state index in [1.165, 1.54) is 0 Å². The standard InChI is InChI=1S/C14H20BrClN2O/c1-9(2)4-5-17-14(19)8-18-13-7-12(16)10(3)6-11(13)15/h6-7,9,18H,4-5,8H2,1-3H3,(H,17,19). The fourth-order valence-corrected chi connectivity index (χ4v) is 2.28. The van der Waals surface area contributed by atoms with Crippen LogP contribution in [0.2, 0.25) is 5.02 Å². The Morgan fingerprint density at radius 3 is 2.74 bits per heavy atom. The Kier molecular flexibility index (Phi) is 6.66. The van der Waals surface area contributed by atoms with E-state index in [0.717, 1.165) is 22.1 Å². The first-order chi connectivity index (χ1) is 8.90. The molecule has 0 aliphatic carbocycles. The molecule has 19 heavy (non-hydrogen) atoms. The molecule has 1 aromatic rings. The first kappa shape index (κ1) is 16.3. The summed E-state index contributed by atoms with van der Waals surface area (Å²) in [6, 6.07) is 3.75. The number of benzene rings is 1. The molecule has 0 aliphatic rings. The van der Waals surface area contributed by atoms with E-state index < -0.39 is 0 Å². The topological polar surface area (TPSA) is 41.1 Å². The number of halogens is 2. The summed E-state index contributed by atoms with van der Waals surface area (Å²) >= 11 is 9.51. The maximum atomic E-state index is 11.6. The molecule has 0 saturated carbocycles. The van der Waals surface area contributed by atoms with Crippen LogP contribution in [0.1, 0.15) is 25.8 Å². The van der Waals surface area contributed by atoms with E-state index in [4.69, 9.17) is 11.6 Å². The summed E-state index contributed by atoms with van der Waals surface area (Å²) < 4.78 is 0.907. The van der Waals surface area contributed by atoms with Gasteiger partial charge >= 0.3 is 0 Å². The maximum Gasteiger partial charge on any atom is 0.239 e. The van der Waals surface area contributed by atoms with Crippen molar-refractivity contribution in [1.29, 1.82) is 0 Å². The van der Waals surface area contributed by atoms with Crippen molar-refractivity contribution in [3.05, 3.63) is 27.2 Å². The van der Waals surface area contributed by atoms with Gasteiger partial charge in [-0.3, -0.25) is 4.79 Å². The minimum Gasteiger partial charge on any atom is -0.375 e. The van der Waals surface area contributed by atoms with Gasteiger partial charge in [-0.15, -0.1) is 0 Å². The molecule has 1 aromatic carbocycles. The zero-order chi connectivity index (χ0) is 14.4. The van der Waals surface area contributed by atoms with Gasteiger partial charge in [-0.1, -0.05) is 25.4 Å². The first-order valence-corrected chi connectivity index (χ1v) is 7.53. The lowest BCUT2D eigenvalue weighted by Crippen LogP contribution is -2.31. The molecular formula is C14H20BrClN2O. The Labute approximate surface area is 128 Å². The van der Waals surface area contributed by atoms with Crippen molar-refractivity contribution in [3.63, 3.8) is 0 Å². The Balaban J connectivity index is 2.44. The number of hydrogen-bond donors (Lipinski definition) is 2. The van der Waals surface area contributed by atoms with Crippen molar-refractivity contribution < 1.29 is 4.79 Å². The van der Waals surface area contributed by atoms with Crippen molar-refractivity contribution in [2.75, 3.05) is 18.4 Å². The highest BCUT2D eigenvalue weighted by atomic mass is 79.9. The Morgan fingerprint density at radius 1 is 1.42 bits per heavy atom. The number of aryl methyl sites for hydroxylation is 1. The number of hydrogen-bond acceptors (Lipinski definition) is 2. The van der Waals surface area contributed by atoms with Crippen LogP contribution in [-0.4, -0.2) is 19.0 Å².